The Kier molecular flexibility index (Phi) is 2.94. The Morgan fingerprint density at radius 3 is 2.82 bits per heavy atom. The lowest BCUT2D eigenvalue weighted by molar-refractivity contribution is 0.0594. The second-order valence-corrected chi connectivity index (χ2v) is 3.77. The molecule has 11 heavy (non-hydrogen) atoms. The zero-order valence-corrected chi connectivity index (χ0v) is 9.39. The van der Waals surface area contributed by atoms with Gasteiger partial charge in [-0.3, -0.25) is 0 Å². The van der Waals surface area contributed by atoms with E-state index in [1.807, 2.05) is 0 Å². The first-order valence-corrected chi connectivity index (χ1v) is 4.64. The molecule has 0 saturated heterocycles. The van der Waals surface area contributed by atoms with Crippen LogP contribution in [0.2, 0.25) is 0 Å². The van der Waals surface area contributed by atoms with Crippen LogP contribution in [0.25, 0.3) is 0 Å². The van der Waals surface area contributed by atoms with Crippen LogP contribution in [0, 0.1) is 3.70 Å². The average Bonchev–Trinajstić information content (AvgIpc) is 2.31. The van der Waals surface area contributed by atoms with E-state index in [-0.39, 0.29) is 5.97 Å². The van der Waals surface area contributed by atoms with Gasteiger partial charge in [-0.25, -0.2) is 4.79 Å². The molecule has 1 aromatic rings. The second kappa shape index (κ2) is 3.57. The third-order valence-electron chi connectivity index (χ3n) is 1.13. The first-order valence-electron chi connectivity index (χ1n) is 2.77. The van der Waals surface area contributed by atoms with Crippen molar-refractivity contribution in [3.8, 4) is 0 Å². The maximum atomic E-state index is 10.9. The van der Waals surface area contributed by atoms with Gasteiger partial charge in [-0.2, -0.15) is 0 Å². The standard InChI is InChI=1S/C6H5BrINO2/c1-11-6(10)4-2-3(7)5(8)9-4/h2,9H,1H3. The second-order valence-electron chi connectivity index (χ2n) is 1.84. The molecule has 0 aromatic carbocycles. The van der Waals surface area contributed by atoms with Gasteiger partial charge in [0.05, 0.1) is 10.8 Å². The number of aromatic amines is 1. The van der Waals surface area contributed by atoms with Crippen LogP contribution >= 0.6 is 38.5 Å². The van der Waals surface area contributed by atoms with Crippen LogP contribution in [0.3, 0.4) is 0 Å². The lowest BCUT2D eigenvalue weighted by atomic mass is 10.4. The molecule has 3 nitrogen and oxygen atoms in total. The zero-order valence-electron chi connectivity index (χ0n) is 5.65. The molecule has 1 N–H and O–H groups in total. The van der Waals surface area contributed by atoms with Crippen molar-refractivity contribution in [2.45, 2.75) is 0 Å². The largest absolute Gasteiger partial charge is 0.464 e. The molecule has 0 unspecified atom stereocenters. The summed E-state index contributed by atoms with van der Waals surface area (Å²) < 4.78 is 6.28. The molecule has 0 aliphatic carbocycles. The molecule has 0 aliphatic heterocycles. The fourth-order valence-corrected chi connectivity index (χ4v) is 1.40. The van der Waals surface area contributed by atoms with Crippen LogP contribution < -0.4 is 0 Å². The maximum absolute atomic E-state index is 10.9. The van der Waals surface area contributed by atoms with Crippen molar-refractivity contribution in [1.29, 1.82) is 0 Å². The number of hydrogen-bond donors (Lipinski definition) is 1. The molecule has 5 heteroatoms. The fraction of sp³-hybridized carbons (Fsp3) is 0.167. The van der Waals surface area contributed by atoms with Crippen LogP contribution in [0.4, 0.5) is 0 Å². The lowest BCUT2D eigenvalue weighted by Gasteiger charge is -1.91. The van der Waals surface area contributed by atoms with Crippen molar-refractivity contribution < 1.29 is 9.53 Å². The molecule has 0 fully saturated rings. The lowest BCUT2D eigenvalue weighted by Crippen LogP contribution is -2.00. The number of aromatic nitrogens is 1. The summed E-state index contributed by atoms with van der Waals surface area (Å²) in [5.41, 5.74) is 0.462. The van der Waals surface area contributed by atoms with E-state index < -0.39 is 0 Å². The van der Waals surface area contributed by atoms with Crippen LogP contribution in [0.1, 0.15) is 10.5 Å². The van der Waals surface area contributed by atoms with Gasteiger partial charge >= 0.3 is 5.97 Å². The van der Waals surface area contributed by atoms with Crippen LogP contribution in [-0.2, 0) is 4.74 Å². The third-order valence-corrected chi connectivity index (χ3v) is 3.35. The molecule has 0 spiro atoms. The summed E-state index contributed by atoms with van der Waals surface area (Å²) in [7, 11) is 1.35. The Balaban J connectivity index is 2.97. The van der Waals surface area contributed by atoms with E-state index in [1.54, 1.807) is 6.07 Å². The van der Waals surface area contributed by atoms with E-state index in [9.17, 15) is 4.79 Å². The number of hydrogen-bond acceptors (Lipinski definition) is 2. The van der Waals surface area contributed by atoms with Crippen molar-refractivity contribution in [1.82, 2.24) is 4.98 Å². The monoisotopic (exact) mass is 329 g/mol. The number of rotatable bonds is 1. The Bertz CT molecular complexity index is 265. The Hall–Kier alpha value is -0.0400. The van der Waals surface area contributed by atoms with E-state index in [4.69, 9.17) is 0 Å². The molecular weight excluding hydrogens is 325 g/mol. The normalized spacial score (nSPS) is 9.73. The number of carbonyl (C=O) groups excluding carboxylic acids is 1. The van der Waals surface area contributed by atoms with Crippen LogP contribution in [-0.4, -0.2) is 18.1 Å². The van der Waals surface area contributed by atoms with Gasteiger partial charge in [0.25, 0.3) is 0 Å². The molecule has 0 bridgehead atoms. The summed E-state index contributed by atoms with van der Waals surface area (Å²) in [6.07, 6.45) is 0. The predicted octanol–water partition coefficient (Wildman–Crippen LogP) is 2.17. The Morgan fingerprint density at radius 2 is 2.45 bits per heavy atom. The summed E-state index contributed by atoms with van der Waals surface area (Å²) in [5, 5.41) is 0. The third kappa shape index (κ3) is 1.96. The van der Waals surface area contributed by atoms with Crippen molar-refractivity contribution in [3.05, 3.63) is 19.9 Å². The highest BCUT2D eigenvalue weighted by molar-refractivity contribution is 14.1. The summed E-state index contributed by atoms with van der Waals surface area (Å²) >= 11 is 5.35. The highest BCUT2D eigenvalue weighted by Gasteiger charge is 2.09. The molecular formula is C6H5BrINO2. The number of esters is 1. The molecule has 1 rings (SSSR count). The zero-order chi connectivity index (χ0) is 8.43. The number of halogens is 2. The molecule has 0 aliphatic rings. The van der Waals surface area contributed by atoms with E-state index in [1.165, 1.54) is 7.11 Å². The van der Waals surface area contributed by atoms with Gasteiger partial charge in [0.2, 0.25) is 0 Å². The minimum absolute atomic E-state index is 0.353. The first kappa shape index (κ1) is 9.05. The summed E-state index contributed by atoms with van der Waals surface area (Å²) in [6, 6.07) is 1.69. The molecule has 0 radical (unpaired) electrons. The van der Waals surface area contributed by atoms with Crippen molar-refractivity contribution in [2.24, 2.45) is 0 Å². The predicted molar refractivity (Wildman–Crippen MR) is 52.5 cm³/mol. The first-order chi connectivity index (χ1) is 5.15. The molecule has 1 heterocycles. The SMILES string of the molecule is COC(=O)c1cc(Br)c(I)[nH]1. The molecule has 0 amide bonds. The topological polar surface area (TPSA) is 42.1 Å². The van der Waals surface area contributed by atoms with E-state index >= 15 is 0 Å². The van der Waals surface area contributed by atoms with Gasteiger partial charge < -0.3 is 9.72 Å². The fourth-order valence-electron chi connectivity index (χ4n) is 0.624. The Labute approximate surface area is 85.8 Å². The highest BCUT2D eigenvalue weighted by atomic mass is 127. The number of carbonyl (C=O) groups is 1. The minimum atomic E-state index is -0.353. The highest BCUT2D eigenvalue weighted by Crippen LogP contribution is 2.19. The number of nitrogens with one attached hydrogen (secondary N) is 1. The van der Waals surface area contributed by atoms with E-state index in [2.05, 4.69) is 48.2 Å². The minimum Gasteiger partial charge on any atom is -0.464 e. The summed E-state index contributed by atoms with van der Waals surface area (Å²) in [4.78, 5) is 13.8. The van der Waals surface area contributed by atoms with Gasteiger partial charge in [-0.15, -0.1) is 0 Å². The van der Waals surface area contributed by atoms with E-state index in [0.29, 0.717) is 5.69 Å². The van der Waals surface area contributed by atoms with Crippen LogP contribution in [0.5, 0.6) is 0 Å². The van der Waals surface area contributed by atoms with Crippen molar-refractivity contribution in [3.63, 3.8) is 0 Å². The van der Waals surface area contributed by atoms with Gasteiger partial charge in [0.1, 0.15) is 5.69 Å². The van der Waals surface area contributed by atoms with Crippen LogP contribution in [0.15, 0.2) is 10.5 Å². The number of ether oxygens (including phenoxy) is 1. The Morgan fingerprint density at radius 1 is 1.82 bits per heavy atom. The summed E-state index contributed by atoms with van der Waals surface area (Å²) in [5.74, 6) is -0.353. The smallest absolute Gasteiger partial charge is 0.354 e. The molecule has 1 aromatic heterocycles. The van der Waals surface area contributed by atoms with Gasteiger partial charge in [-0.1, -0.05) is 0 Å². The quantitative estimate of drug-likeness (QED) is 0.634. The average molecular weight is 330 g/mol. The van der Waals surface area contributed by atoms with Crippen molar-refractivity contribution >= 4 is 44.5 Å². The van der Waals surface area contributed by atoms with Gasteiger partial charge in [-0.05, 0) is 44.6 Å². The summed E-state index contributed by atoms with van der Waals surface area (Å²) in [6.45, 7) is 0. The molecule has 60 valence electrons. The number of H-pyrrole nitrogens is 1. The van der Waals surface area contributed by atoms with E-state index in [0.717, 1.165) is 8.17 Å². The maximum Gasteiger partial charge on any atom is 0.354 e. The van der Waals surface area contributed by atoms with Gasteiger partial charge in [0.15, 0.2) is 0 Å². The molecule has 0 saturated carbocycles. The molecule has 0 atom stereocenters. The van der Waals surface area contributed by atoms with Crippen molar-refractivity contribution in [2.75, 3.05) is 7.11 Å². The number of methoxy groups -OCH3 is 1. The van der Waals surface area contributed by atoms with Gasteiger partial charge in [0, 0.05) is 4.47 Å².